The number of nitrogens with zero attached hydrogens (tertiary/aromatic N) is 2. The Bertz CT molecular complexity index is 422. The standard InChI is InChI=1S/C14H20N2O2/c1-9(17)10-4-5-15-14(6-10)16-11-2-3-12(16)8-13(18)7-11/h4-6,9,11-13,17-18H,2-3,7-8H2,1H3/t9-,11?,12?,13?/m0/s1. The smallest absolute Gasteiger partial charge is 0.129 e. The average Bonchev–Trinajstić information content (AvgIpc) is 2.62. The minimum Gasteiger partial charge on any atom is -0.393 e. The normalized spacial score (nSPS) is 32.6. The summed E-state index contributed by atoms with van der Waals surface area (Å²) in [6.07, 6.45) is 5.12. The Balaban J connectivity index is 1.89. The molecule has 3 heterocycles. The van der Waals surface area contributed by atoms with Gasteiger partial charge in [0.25, 0.3) is 0 Å². The first kappa shape index (κ1) is 11.9. The number of aliphatic hydroxyl groups excluding tert-OH is 2. The number of hydrogen-bond acceptors (Lipinski definition) is 4. The Morgan fingerprint density at radius 1 is 1.33 bits per heavy atom. The molecule has 3 rings (SSSR count). The van der Waals surface area contributed by atoms with E-state index in [0.29, 0.717) is 12.1 Å². The second-order valence-electron chi connectivity index (χ2n) is 5.54. The van der Waals surface area contributed by atoms with Gasteiger partial charge in [0.05, 0.1) is 12.2 Å². The van der Waals surface area contributed by atoms with Crippen LogP contribution < -0.4 is 4.90 Å². The lowest BCUT2D eigenvalue weighted by molar-refractivity contribution is 0.126. The maximum absolute atomic E-state index is 9.81. The highest BCUT2D eigenvalue weighted by Crippen LogP contribution is 2.38. The van der Waals surface area contributed by atoms with Crippen molar-refractivity contribution in [1.29, 1.82) is 0 Å². The van der Waals surface area contributed by atoms with E-state index in [4.69, 9.17) is 0 Å². The monoisotopic (exact) mass is 248 g/mol. The molecule has 18 heavy (non-hydrogen) atoms. The largest absolute Gasteiger partial charge is 0.393 e. The van der Waals surface area contributed by atoms with Crippen LogP contribution in [0.15, 0.2) is 18.3 Å². The van der Waals surface area contributed by atoms with Gasteiger partial charge in [-0.05, 0) is 50.3 Å². The molecule has 2 fully saturated rings. The summed E-state index contributed by atoms with van der Waals surface area (Å²) in [7, 11) is 0. The second kappa shape index (κ2) is 4.52. The van der Waals surface area contributed by atoms with Crippen molar-refractivity contribution in [3.05, 3.63) is 23.9 Å². The molecule has 2 aliphatic rings. The predicted octanol–water partition coefficient (Wildman–Crippen LogP) is 1.63. The van der Waals surface area contributed by atoms with Crippen LogP contribution in [0.25, 0.3) is 0 Å². The summed E-state index contributed by atoms with van der Waals surface area (Å²) in [4.78, 5) is 6.79. The van der Waals surface area contributed by atoms with E-state index in [1.807, 2.05) is 12.1 Å². The van der Waals surface area contributed by atoms with Crippen molar-refractivity contribution in [2.24, 2.45) is 0 Å². The number of aromatic nitrogens is 1. The van der Waals surface area contributed by atoms with Gasteiger partial charge >= 0.3 is 0 Å². The van der Waals surface area contributed by atoms with Gasteiger partial charge in [0.1, 0.15) is 5.82 Å². The number of piperidine rings is 1. The summed E-state index contributed by atoms with van der Waals surface area (Å²) in [5.41, 5.74) is 0.908. The number of pyridine rings is 1. The zero-order chi connectivity index (χ0) is 12.7. The Labute approximate surface area is 107 Å². The SMILES string of the molecule is C[C@H](O)c1ccnc(N2C3CCC2CC(O)C3)c1. The fourth-order valence-corrected chi connectivity index (χ4v) is 3.36. The molecule has 0 aromatic carbocycles. The van der Waals surface area contributed by atoms with Crippen molar-refractivity contribution >= 4 is 5.82 Å². The van der Waals surface area contributed by atoms with Crippen LogP contribution in [0.3, 0.4) is 0 Å². The van der Waals surface area contributed by atoms with Gasteiger partial charge in [-0.1, -0.05) is 0 Å². The first-order chi connectivity index (χ1) is 8.65. The van der Waals surface area contributed by atoms with Gasteiger partial charge in [-0.25, -0.2) is 4.98 Å². The molecule has 0 spiro atoms. The summed E-state index contributed by atoms with van der Waals surface area (Å²) in [5.74, 6) is 0.952. The first-order valence-electron chi connectivity index (χ1n) is 6.75. The van der Waals surface area contributed by atoms with E-state index in [9.17, 15) is 10.2 Å². The Morgan fingerprint density at radius 2 is 2.00 bits per heavy atom. The molecule has 4 heteroatoms. The van der Waals surface area contributed by atoms with Gasteiger partial charge in [0, 0.05) is 18.3 Å². The quantitative estimate of drug-likeness (QED) is 0.835. The highest BCUT2D eigenvalue weighted by Gasteiger charge is 2.40. The zero-order valence-electron chi connectivity index (χ0n) is 10.7. The van der Waals surface area contributed by atoms with Crippen molar-refractivity contribution in [2.45, 2.75) is 56.9 Å². The second-order valence-corrected chi connectivity index (χ2v) is 5.54. The number of aliphatic hydroxyl groups is 2. The summed E-state index contributed by atoms with van der Waals surface area (Å²) < 4.78 is 0. The minimum atomic E-state index is -0.459. The van der Waals surface area contributed by atoms with Crippen molar-refractivity contribution in [3.63, 3.8) is 0 Å². The molecule has 3 atom stereocenters. The lowest BCUT2D eigenvalue weighted by Crippen LogP contribution is -2.45. The van der Waals surface area contributed by atoms with E-state index in [1.54, 1.807) is 13.1 Å². The molecule has 0 aliphatic carbocycles. The third kappa shape index (κ3) is 1.99. The van der Waals surface area contributed by atoms with Crippen LogP contribution in [0.4, 0.5) is 5.82 Å². The van der Waals surface area contributed by atoms with Crippen molar-refractivity contribution < 1.29 is 10.2 Å². The molecule has 2 saturated heterocycles. The molecule has 2 bridgehead atoms. The molecule has 1 aromatic rings. The minimum absolute atomic E-state index is 0.154. The van der Waals surface area contributed by atoms with E-state index < -0.39 is 6.10 Å². The van der Waals surface area contributed by atoms with Gasteiger partial charge in [-0.15, -0.1) is 0 Å². The number of hydrogen-bond donors (Lipinski definition) is 2. The molecule has 2 unspecified atom stereocenters. The molecule has 0 saturated carbocycles. The Morgan fingerprint density at radius 3 is 2.61 bits per heavy atom. The molecule has 98 valence electrons. The maximum Gasteiger partial charge on any atom is 0.129 e. The van der Waals surface area contributed by atoms with Crippen LogP contribution >= 0.6 is 0 Å². The van der Waals surface area contributed by atoms with Gasteiger partial charge in [-0.3, -0.25) is 0 Å². The van der Waals surface area contributed by atoms with E-state index in [1.165, 1.54) is 0 Å². The Hall–Kier alpha value is -1.13. The third-order valence-electron chi connectivity index (χ3n) is 4.22. The molecule has 2 aliphatic heterocycles. The summed E-state index contributed by atoms with van der Waals surface area (Å²) in [5, 5.41) is 19.5. The number of anilines is 1. The molecular formula is C14H20N2O2. The first-order valence-corrected chi connectivity index (χ1v) is 6.75. The fraction of sp³-hybridized carbons (Fsp3) is 0.643. The predicted molar refractivity (Wildman–Crippen MR) is 69.4 cm³/mol. The fourth-order valence-electron chi connectivity index (χ4n) is 3.36. The molecule has 0 radical (unpaired) electrons. The molecule has 4 nitrogen and oxygen atoms in total. The van der Waals surface area contributed by atoms with Gasteiger partial charge in [0.2, 0.25) is 0 Å². The summed E-state index contributed by atoms with van der Waals surface area (Å²) in [6, 6.07) is 4.66. The molecule has 2 N–H and O–H groups in total. The van der Waals surface area contributed by atoms with E-state index in [2.05, 4.69) is 9.88 Å². The molecule has 0 amide bonds. The van der Waals surface area contributed by atoms with Crippen LogP contribution in [0.5, 0.6) is 0 Å². The topological polar surface area (TPSA) is 56.6 Å². The lowest BCUT2D eigenvalue weighted by atomic mass is 9.99. The average molecular weight is 248 g/mol. The summed E-state index contributed by atoms with van der Waals surface area (Å²) in [6.45, 7) is 1.77. The van der Waals surface area contributed by atoms with Gasteiger partial charge in [0.15, 0.2) is 0 Å². The van der Waals surface area contributed by atoms with Crippen molar-refractivity contribution in [3.8, 4) is 0 Å². The van der Waals surface area contributed by atoms with Crippen LogP contribution in [0, 0.1) is 0 Å². The molecule has 1 aromatic heterocycles. The van der Waals surface area contributed by atoms with Gasteiger partial charge < -0.3 is 15.1 Å². The molecular weight excluding hydrogens is 228 g/mol. The van der Waals surface area contributed by atoms with E-state index >= 15 is 0 Å². The Kier molecular flexibility index (Phi) is 2.99. The number of rotatable bonds is 2. The van der Waals surface area contributed by atoms with Crippen molar-refractivity contribution in [2.75, 3.05) is 4.90 Å². The number of fused-ring (bicyclic) bond motifs is 2. The maximum atomic E-state index is 9.81. The lowest BCUT2D eigenvalue weighted by Gasteiger charge is -2.38. The van der Waals surface area contributed by atoms with Crippen LogP contribution in [-0.2, 0) is 0 Å². The van der Waals surface area contributed by atoms with Crippen LogP contribution in [0.2, 0.25) is 0 Å². The summed E-state index contributed by atoms with van der Waals surface area (Å²) >= 11 is 0. The van der Waals surface area contributed by atoms with Crippen molar-refractivity contribution in [1.82, 2.24) is 4.98 Å². The highest BCUT2D eigenvalue weighted by molar-refractivity contribution is 5.46. The van der Waals surface area contributed by atoms with Crippen LogP contribution in [-0.4, -0.2) is 33.4 Å². The van der Waals surface area contributed by atoms with E-state index in [-0.39, 0.29) is 6.10 Å². The van der Waals surface area contributed by atoms with Crippen LogP contribution in [0.1, 0.15) is 44.3 Å². The highest BCUT2D eigenvalue weighted by atomic mass is 16.3. The third-order valence-corrected chi connectivity index (χ3v) is 4.22. The van der Waals surface area contributed by atoms with Gasteiger partial charge in [-0.2, -0.15) is 0 Å². The zero-order valence-corrected chi connectivity index (χ0v) is 10.7. The van der Waals surface area contributed by atoms with E-state index in [0.717, 1.165) is 37.1 Å².